The number of carbonyl (C=O) groups is 1. The molecule has 0 radical (unpaired) electrons. The van der Waals surface area contributed by atoms with Crippen molar-refractivity contribution in [3.8, 4) is 0 Å². The van der Waals surface area contributed by atoms with Gasteiger partial charge in [-0.2, -0.15) is 0 Å². The molecule has 1 aromatic carbocycles. The number of likely N-dealkylation sites (N-methyl/N-ethyl adjacent to an activating group) is 1. The van der Waals surface area contributed by atoms with E-state index in [0.29, 0.717) is 13.1 Å². The highest BCUT2D eigenvalue weighted by atomic mass is 16.2. The van der Waals surface area contributed by atoms with Gasteiger partial charge in [-0.05, 0) is 26.0 Å². The van der Waals surface area contributed by atoms with Crippen molar-refractivity contribution >= 4 is 5.91 Å². The van der Waals surface area contributed by atoms with Crippen molar-refractivity contribution in [1.82, 2.24) is 4.90 Å². The summed E-state index contributed by atoms with van der Waals surface area (Å²) in [6, 6.07) is 5.87. The van der Waals surface area contributed by atoms with Crippen LogP contribution in [-0.4, -0.2) is 30.9 Å². The van der Waals surface area contributed by atoms with Crippen LogP contribution in [0, 0.1) is 13.8 Å². The lowest BCUT2D eigenvalue weighted by Gasteiger charge is -2.16. The number of hydrogen-bond donors (Lipinski definition) is 1. The molecule has 1 amide bonds. The maximum atomic E-state index is 11.9. The van der Waals surface area contributed by atoms with Crippen LogP contribution < -0.4 is 5.73 Å². The first kappa shape index (κ1) is 11.7. The second kappa shape index (κ2) is 4.94. The van der Waals surface area contributed by atoms with Crippen molar-refractivity contribution in [3.05, 3.63) is 34.9 Å². The predicted molar refractivity (Wildman–Crippen MR) is 61.9 cm³/mol. The van der Waals surface area contributed by atoms with Crippen LogP contribution in [0.15, 0.2) is 18.2 Å². The van der Waals surface area contributed by atoms with E-state index in [1.54, 1.807) is 11.9 Å². The average Bonchev–Trinajstić information content (AvgIpc) is 2.15. The highest BCUT2D eigenvalue weighted by molar-refractivity contribution is 5.94. The quantitative estimate of drug-likeness (QED) is 0.811. The summed E-state index contributed by atoms with van der Waals surface area (Å²) in [5.74, 6) is 0.0345. The predicted octanol–water partition coefficient (Wildman–Crippen LogP) is 1.33. The van der Waals surface area contributed by atoms with E-state index in [4.69, 9.17) is 5.73 Å². The van der Waals surface area contributed by atoms with Gasteiger partial charge in [0, 0.05) is 25.7 Å². The van der Waals surface area contributed by atoms with Gasteiger partial charge in [-0.15, -0.1) is 0 Å². The van der Waals surface area contributed by atoms with Crippen LogP contribution in [0.2, 0.25) is 0 Å². The third-order valence-electron chi connectivity index (χ3n) is 2.28. The highest BCUT2D eigenvalue weighted by Gasteiger charge is 2.11. The molecule has 0 aliphatic carbocycles. The summed E-state index contributed by atoms with van der Waals surface area (Å²) in [6.45, 7) is 5.07. The lowest BCUT2D eigenvalue weighted by atomic mass is 10.1. The van der Waals surface area contributed by atoms with Gasteiger partial charge in [-0.25, -0.2) is 0 Å². The van der Waals surface area contributed by atoms with Crippen molar-refractivity contribution in [3.63, 3.8) is 0 Å². The van der Waals surface area contributed by atoms with Crippen molar-refractivity contribution < 1.29 is 4.79 Å². The number of nitrogens with two attached hydrogens (primary N) is 1. The van der Waals surface area contributed by atoms with E-state index in [1.165, 1.54) is 0 Å². The fraction of sp³-hybridized carbons (Fsp3) is 0.417. The fourth-order valence-electron chi connectivity index (χ4n) is 1.61. The zero-order valence-electron chi connectivity index (χ0n) is 9.58. The van der Waals surface area contributed by atoms with Crippen LogP contribution >= 0.6 is 0 Å². The van der Waals surface area contributed by atoms with Crippen LogP contribution in [0.3, 0.4) is 0 Å². The van der Waals surface area contributed by atoms with Crippen molar-refractivity contribution in [2.24, 2.45) is 5.73 Å². The van der Waals surface area contributed by atoms with Gasteiger partial charge in [0.15, 0.2) is 0 Å². The molecular weight excluding hydrogens is 188 g/mol. The van der Waals surface area contributed by atoms with Crippen LogP contribution in [0.25, 0.3) is 0 Å². The summed E-state index contributed by atoms with van der Waals surface area (Å²) in [5, 5.41) is 0. The number of hydrogen-bond acceptors (Lipinski definition) is 2. The van der Waals surface area contributed by atoms with E-state index in [9.17, 15) is 4.79 Å². The van der Waals surface area contributed by atoms with Gasteiger partial charge in [0.05, 0.1) is 0 Å². The molecule has 0 fully saturated rings. The van der Waals surface area contributed by atoms with Crippen LogP contribution in [-0.2, 0) is 0 Å². The minimum atomic E-state index is 0.0345. The van der Waals surface area contributed by atoms with Crippen molar-refractivity contribution in [2.75, 3.05) is 20.1 Å². The Labute approximate surface area is 90.9 Å². The molecule has 15 heavy (non-hydrogen) atoms. The van der Waals surface area contributed by atoms with E-state index < -0.39 is 0 Å². The molecular formula is C12H18N2O. The van der Waals surface area contributed by atoms with Crippen LogP contribution in [0.1, 0.15) is 21.5 Å². The molecule has 2 N–H and O–H groups in total. The molecule has 0 saturated heterocycles. The Balaban J connectivity index is 2.90. The highest BCUT2D eigenvalue weighted by Crippen LogP contribution is 2.10. The number of rotatable bonds is 3. The number of benzene rings is 1. The molecule has 3 nitrogen and oxygen atoms in total. The molecule has 0 unspecified atom stereocenters. The Bertz CT molecular complexity index is 340. The molecule has 1 rings (SSSR count). The summed E-state index contributed by atoms with van der Waals surface area (Å²) in [6.07, 6.45) is 0. The van der Waals surface area contributed by atoms with E-state index in [2.05, 4.69) is 6.07 Å². The summed E-state index contributed by atoms with van der Waals surface area (Å²) < 4.78 is 0. The molecule has 0 saturated carbocycles. The largest absolute Gasteiger partial charge is 0.340 e. The van der Waals surface area contributed by atoms with Gasteiger partial charge < -0.3 is 10.6 Å². The summed E-state index contributed by atoms with van der Waals surface area (Å²) >= 11 is 0. The Morgan fingerprint density at radius 2 is 1.80 bits per heavy atom. The first-order valence-electron chi connectivity index (χ1n) is 5.08. The molecule has 0 aliphatic heterocycles. The Morgan fingerprint density at radius 1 is 1.27 bits per heavy atom. The molecule has 3 heteroatoms. The second-order valence-corrected chi connectivity index (χ2v) is 3.89. The minimum Gasteiger partial charge on any atom is -0.340 e. The summed E-state index contributed by atoms with van der Waals surface area (Å²) in [4.78, 5) is 13.6. The molecule has 0 bridgehead atoms. The Morgan fingerprint density at radius 3 is 2.27 bits per heavy atom. The van der Waals surface area contributed by atoms with Crippen molar-refractivity contribution in [1.29, 1.82) is 0 Å². The fourth-order valence-corrected chi connectivity index (χ4v) is 1.61. The van der Waals surface area contributed by atoms with E-state index >= 15 is 0 Å². The van der Waals surface area contributed by atoms with Gasteiger partial charge in [0.25, 0.3) is 5.91 Å². The van der Waals surface area contributed by atoms with Gasteiger partial charge in [-0.1, -0.05) is 17.2 Å². The Hall–Kier alpha value is -1.35. The molecule has 0 aliphatic rings. The standard InChI is InChI=1S/C12H18N2O/c1-9-6-10(2)8-11(7-9)12(15)14(3)5-4-13/h6-8H,4-5,13H2,1-3H3. The number of carbonyl (C=O) groups excluding carboxylic acids is 1. The van der Waals surface area contributed by atoms with Gasteiger partial charge >= 0.3 is 0 Å². The van der Waals surface area contributed by atoms with Crippen LogP contribution in [0.4, 0.5) is 0 Å². The van der Waals surface area contributed by atoms with E-state index in [1.807, 2.05) is 26.0 Å². The smallest absolute Gasteiger partial charge is 0.253 e. The molecule has 0 aromatic heterocycles. The average molecular weight is 206 g/mol. The van der Waals surface area contributed by atoms with Crippen molar-refractivity contribution in [2.45, 2.75) is 13.8 Å². The minimum absolute atomic E-state index is 0.0345. The van der Waals surface area contributed by atoms with Gasteiger partial charge in [0.1, 0.15) is 0 Å². The topological polar surface area (TPSA) is 46.3 Å². The maximum Gasteiger partial charge on any atom is 0.253 e. The van der Waals surface area contributed by atoms with Gasteiger partial charge in [-0.3, -0.25) is 4.79 Å². The van der Waals surface area contributed by atoms with E-state index in [-0.39, 0.29) is 5.91 Å². The maximum absolute atomic E-state index is 11.9. The molecule has 1 aromatic rings. The first-order valence-corrected chi connectivity index (χ1v) is 5.08. The zero-order chi connectivity index (χ0) is 11.4. The summed E-state index contributed by atoms with van der Waals surface area (Å²) in [7, 11) is 1.77. The third-order valence-corrected chi connectivity index (χ3v) is 2.28. The molecule has 82 valence electrons. The number of nitrogens with zero attached hydrogens (tertiary/aromatic N) is 1. The first-order chi connectivity index (χ1) is 7.04. The van der Waals surface area contributed by atoms with Gasteiger partial charge in [0.2, 0.25) is 0 Å². The second-order valence-electron chi connectivity index (χ2n) is 3.89. The summed E-state index contributed by atoms with van der Waals surface area (Å²) in [5.41, 5.74) is 8.37. The van der Waals surface area contributed by atoms with E-state index in [0.717, 1.165) is 16.7 Å². The number of amides is 1. The molecule has 0 atom stereocenters. The third kappa shape index (κ3) is 3.06. The molecule has 0 heterocycles. The van der Waals surface area contributed by atoms with Crippen LogP contribution in [0.5, 0.6) is 0 Å². The SMILES string of the molecule is Cc1cc(C)cc(C(=O)N(C)CCN)c1. The monoisotopic (exact) mass is 206 g/mol. The lowest BCUT2D eigenvalue weighted by Crippen LogP contribution is -2.31. The lowest BCUT2D eigenvalue weighted by molar-refractivity contribution is 0.0799. The molecule has 0 spiro atoms. The number of aryl methyl sites for hydroxylation is 2. The normalized spacial score (nSPS) is 10.1. The Kier molecular flexibility index (Phi) is 3.86. The zero-order valence-corrected chi connectivity index (χ0v) is 9.58.